The van der Waals surface area contributed by atoms with E-state index in [1.54, 1.807) is 0 Å². The van der Waals surface area contributed by atoms with Crippen LogP contribution in [0, 0.1) is 0 Å². The first-order chi connectivity index (χ1) is 10.0. The predicted molar refractivity (Wildman–Crippen MR) is 99.5 cm³/mol. The molecule has 4 nitrogen and oxygen atoms in total. The van der Waals surface area contributed by atoms with Gasteiger partial charge in [-0.05, 0) is 26.0 Å². The third-order valence-corrected chi connectivity index (χ3v) is 4.55. The fraction of sp³-hybridized carbons (Fsp3) is 0.533. The van der Waals surface area contributed by atoms with Crippen LogP contribution in [0.4, 0.5) is 5.69 Å². The fourth-order valence-corrected chi connectivity index (χ4v) is 3.58. The molecule has 0 radical (unpaired) electrons. The van der Waals surface area contributed by atoms with E-state index in [2.05, 4.69) is 26.6 Å². The van der Waals surface area contributed by atoms with Crippen molar-refractivity contribution in [1.82, 2.24) is 5.32 Å². The van der Waals surface area contributed by atoms with Crippen LogP contribution in [0.25, 0.3) is 0 Å². The Hall–Kier alpha value is -0.430. The van der Waals surface area contributed by atoms with Crippen LogP contribution in [0.15, 0.2) is 22.7 Å². The summed E-state index contributed by atoms with van der Waals surface area (Å²) in [5.41, 5.74) is 0.758. The maximum Gasteiger partial charge on any atom is 0.225 e. The second-order valence-corrected chi connectivity index (χ2v) is 7.39. The van der Waals surface area contributed by atoms with Gasteiger partial charge in [0.2, 0.25) is 5.91 Å². The normalized spacial score (nSPS) is 17.7. The summed E-state index contributed by atoms with van der Waals surface area (Å²) in [5, 5.41) is 6.31. The summed E-state index contributed by atoms with van der Waals surface area (Å²) in [5.74, 6) is 2.90. The maximum absolute atomic E-state index is 12.1. The molecule has 1 aromatic carbocycles. The summed E-state index contributed by atoms with van der Waals surface area (Å²) in [4.78, 5) is 12.1. The Balaban J connectivity index is 0.00000242. The minimum atomic E-state index is 0. The second-order valence-electron chi connectivity index (χ2n) is 5.32. The molecule has 0 spiro atoms. The molecule has 0 saturated carbocycles. The van der Waals surface area contributed by atoms with Gasteiger partial charge in [-0.15, -0.1) is 12.4 Å². The summed E-state index contributed by atoms with van der Waals surface area (Å²) >= 11 is 5.34. The van der Waals surface area contributed by atoms with Crippen LogP contribution in [0.5, 0.6) is 5.75 Å². The van der Waals surface area contributed by atoms with E-state index in [1.165, 1.54) is 0 Å². The zero-order valence-corrected chi connectivity index (χ0v) is 15.9. The van der Waals surface area contributed by atoms with Gasteiger partial charge in [0, 0.05) is 46.7 Å². The minimum absolute atomic E-state index is 0. The maximum atomic E-state index is 12.1. The summed E-state index contributed by atoms with van der Waals surface area (Å²) in [6.07, 6.45) is 0.603. The zero-order chi connectivity index (χ0) is 15.2. The van der Waals surface area contributed by atoms with E-state index in [-0.39, 0.29) is 30.5 Å². The van der Waals surface area contributed by atoms with Crippen molar-refractivity contribution in [3.05, 3.63) is 22.7 Å². The topological polar surface area (TPSA) is 50.4 Å². The highest BCUT2D eigenvalue weighted by Crippen LogP contribution is 2.26. The van der Waals surface area contributed by atoms with Gasteiger partial charge in [0.25, 0.3) is 0 Å². The number of halogens is 2. The molecule has 1 atom stereocenters. The zero-order valence-electron chi connectivity index (χ0n) is 12.7. The van der Waals surface area contributed by atoms with Gasteiger partial charge in [-0.1, -0.05) is 15.9 Å². The van der Waals surface area contributed by atoms with Crippen LogP contribution >= 0.6 is 40.1 Å². The third-order valence-electron chi connectivity index (χ3n) is 2.96. The van der Waals surface area contributed by atoms with Crippen molar-refractivity contribution in [1.29, 1.82) is 0 Å². The first-order valence-electron chi connectivity index (χ1n) is 7.11. The molecule has 2 rings (SSSR count). The van der Waals surface area contributed by atoms with E-state index in [1.807, 2.05) is 43.8 Å². The lowest BCUT2D eigenvalue weighted by Gasteiger charge is -2.22. The number of hydrogen-bond acceptors (Lipinski definition) is 4. The standard InChI is InChI=1S/C15H21BrN2O2S.ClH/c1-10(2)20-14-6-11(16)5-12(7-14)18-15(19)8-13-9-21-4-3-17-13;/h5-7,10,13,17H,3-4,8-9H2,1-2H3,(H,18,19);1H. The van der Waals surface area contributed by atoms with E-state index in [9.17, 15) is 4.79 Å². The molecular formula is C15H22BrClN2O2S. The summed E-state index contributed by atoms with van der Waals surface area (Å²) in [6, 6.07) is 5.90. The number of carbonyl (C=O) groups is 1. The van der Waals surface area contributed by atoms with Gasteiger partial charge >= 0.3 is 0 Å². The molecule has 22 heavy (non-hydrogen) atoms. The average molecular weight is 410 g/mol. The van der Waals surface area contributed by atoms with Gasteiger partial charge < -0.3 is 15.4 Å². The van der Waals surface area contributed by atoms with Crippen molar-refractivity contribution in [2.24, 2.45) is 0 Å². The van der Waals surface area contributed by atoms with Crippen LogP contribution in [-0.2, 0) is 4.79 Å². The van der Waals surface area contributed by atoms with Crippen LogP contribution in [-0.4, -0.2) is 36.1 Å². The molecule has 1 fully saturated rings. The van der Waals surface area contributed by atoms with Gasteiger partial charge in [0.1, 0.15) is 5.75 Å². The quantitative estimate of drug-likeness (QED) is 0.778. The highest BCUT2D eigenvalue weighted by atomic mass is 79.9. The molecule has 1 unspecified atom stereocenters. The van der Waals surface area contributed by atoms with Gasteiger partial charge in [-0.25, -0.2) is 0 Å². The van der Waals surface area contributed by atoms with E-state index in [4.69, 9.17) is 4.74 Å². The molecule has 1 aliphatic heterocycles. The van der Waals surface area contributed by atoms with Crippen molar-refractivity contribution in [3.63, 3.8) is 0 Å². The summed E-state index contributed by atoms with van der Waals surface area (Å²) in [7, 11) is 0. The molecule has 0 aromatic heterocycles. The van der Waals surface area contributed by atoms with E-state index >= 15 is 0 Å². The highest BCUT2D eigenvalue weighted by Gasteiger charge is 2.17. The smallest absolute Gasteiger partial charge is 0.225 e. The van der Waals surface area contributed by atoms with Crippen molar-refractivity contribution in [2.45, 2.75) is 32.4 Å². The average Bonchev–Trinajstić information content (AvgIpc) is 2.37. The number of benzene rings is 1. The molecule has 124 valence electrons. The molecule has 7 heteroatoms. The Kier molecular flexibility index (Phi) is 8.61. The predicted octanol–water partition coefficient (Wildman–Crippen LogP) is 3.69. The van der Waals surface area contributed by atoms with Gasteiger partial charge in [-0.2, -0.15) is 11.8 Å². The number of hydrogen-bond donors (Lipinski definition) is 2. The lowest BCUT2D eigenvalue weighted by atomic mass is 10.2. The monoisotopic (exact) mass is 408 g/mol. The molecule has 1 heterocycles. The number of anilines is 1. The molecule has 1 aromatic rings. The first-order valence-corrected chi connectivity index (χ1v) is 9.06. The van der Waals surface area contributed by atoms with E-state index in [0.29, 0.717) is 6.42 Å². The van der Waals surface area contributed by atoms with Gasteiger partial charge in [0.15, 0.2) is 0 Å². The van der Waals surface area contributed by atoms with E-state index in [0.717, 1.165) is 34.0 Å². The van der Waals surface area contributed by atoms with Crippen molar-refractivity contribution < 1.29 is 9.53 Å². The Morgan fingerprint density at radius 1 is 1.50 bits per heavy atom. The number of nitrogens with one attached hydrogen (secondary N) is 2. The molecule has 0 aliphatic carbocycles. The lowest BCUT2D eigenvalue weighted by molar-refractivity contribution is -0.116. The number of amides is 1. The summed E-state index contributed by atoms with van der Waals surface area (Å²) < 4.78 is 6.56. The van der Waals surface area contributed by atoms with Gasteiger partial charge in [0.05, 0.1) is 6.10 Å². The highest BCUT2D eigenvalue weighted by molar-refractivity contribution is 9.10. The molecule has 1 amide bonds. The number of rotatable bonds is 5. The van der Waals surface area contributed by atoms with Crippen LogP contribution in [0.3, 0.4) is 0 Å². The van der Waals surface area contributed by atoms with Crippen molar-refractivity contribution >= 4 is 51.7 Å². The first kappa shape index (κ1) is 19.6. The molecule has 0 bridgehead atoms. The second kappa shape index (κ2) is 9.65. The van der Waals surface area contributed by atoms with Crippen molar-refractivity contribution in [3.8, 4) is 5.75 Å². The van der Waals surface area contributed by atoms with Crippen molar-refractivity contribution in [2.75, 3.05) is 23.4 Å². The number of ether oxygens (including phenoxy) is 1. The molecule has 1 saturated heterocycles. The van der Waals surface area contributed by atoms with E-state index < -0.39 is 0 Å². The SMILES string of the molecule is CC(C)Oc1cc(Br)cc(NC(=O)CC2CSCCN2)c1.Cl. The molecular weight excluding hydrogens is 388 g/mol. The molecule has 1 aliphatic rings. The minimum Gasteiger partial charge on any atom is -0.491 e. The molecule has 2 N–H and O–H groups in total. The van der Waals surface area contributed by atoms with Crippen LogP contribution in [0.2, 0.25) is 0 Å². The fourth-order valence-electron chi connectivity index (χ4n) is 2.16. The summed E-state index contributed by atoms with van der Waals surface area (Å²) in [6.45, 7) is 4.93. The van der Waals surface area contributed by atoms with Crippen LogP contribution < -0.4 is 15.4 Å². The van der Waals surface area contributed by atoms with Gasteiger partial charge in [-0.3, -0.25) is 4.79 Å². The van der Waals surface area contributed by atoms with Crippen LogP contribution in [0.1, 0.15) is 20.3 Å². The Morgan fingerprint density at radius 2 is 2.27 bits per heavy atom. The Labute approximate surface area is 150 Å². The number of thioether (sulfide) groups is 1. The Morgan fingerprint density at radius 3 is 2.91 bits per heavy atom. The Bertz CT molecular complexity index is 496. The third kappa shape index (κ3) is 6.77. The lowest BCUT2D eigenvalue weighted by Crippen LogP contribution is -2.39. The number of carbonyl (C=O) groups excluding carboxylic acids is 1. The largest absolute Gasteiger partial charge is 0.491 e.